The van der Waals surface area contributed by atoms with Gasteiger partial charge in [-0.25, -0.2) is 8.70 Å². The smallest absolute Gasteiger partial charge is 0.304 e. The molecular weight excluding hydrogens is 333 g/mol. The molecule has 1 aliphatic heterocycles. The molecule has 1 aliphatic rings. The third-order valence-electron chi connectivity index (χ3n) is 4.15. The zero-order valence-corrected chi connectivity index (χ0v) is 15.1. The summed E-state index contributed by atoms with van der Waals surface area (Å²) in [5.41, 5.74) is -0.121. The van der Waals surface area contributed by atoms with Crippen molar-refractivity contribution < 1.29 is 17.6 Å². The monoisotopic (exact) mass is 357 g/mol. The van der Waals surface area contributed by atoms with E-state index in [0.29, 0.717) is 19.0 Å². The largest absolute Gasteiger partial charge is 0.341 e. The van der Waals surface area contributed by atoms with Crippen LogP contribution in [0, 0.1) is 11.7 Å². The molecule has 1 saturated heterocycles. The molecule has 0 aromatic heterocycles. The first-order valence-corrected chi connectivity index (χ1v) is 9.35. The number of carbonyl (C=O) groups excluding carboxylic acids is 1. The Morgan fingerprint density at radius 3 is 2.58 bits per heavy atom. The Balaban J connectivity index is 2.30. The number of carbonyl (C=O) groups is 1. The Labute approximate surface area is 143 Å². The Morgan fingerprint density at radius 2 is 2.00 bits per heavy atom. The van der Waals surface area contributed by atoms with Crippen molar-refractivity contribution in [3.8, 4) is 0 Å². The van der Waals surface area contributed by atoms with E-state index in [1.165, 1.54) is 32.3 Å². The van der Waals surface area contributed by atoms with Gasteiger partial charge in [-0.15, -0.1) is 0 Å². The summed E-state index contributed by atoms with van der Waals surface area (Å²) in [6.45, 7) is 2.86. The predicted molar refractivity (Wildman–Crippen MR) is 91.3 cm³/mol. The molecule has 0 spiro atoms. The maximum atomic E-state index is 14.1. The molecule has 2 rings (SSSR count). The van der Waals surface area contributed by atoms with Crippen molar-refractivity contribution in [2.45, 2.75) is 19.8 Å². The Bertz CT molecular complexity index is 694. The van der Waals surface area contributed by atoms with Crippen molar-refractivity contribution in [1.82, 2.24) is 9.21 Å². The van der Waals surface area contributed by atoms with Crippen molar-refractivity contribution in [1.29, 1.82) is 0 Å². The van der Waals surface area contributed by atoms with Gasteiger partial charge in [0.25, 0.3) is 0 Å². The number of anilines is 1. The zero-order chi connectivity index (χ0) is 17.9. The Hall–Kier alpha value is -1.67. The molecule has 1 aromatic carbocycles. The number of piperidine rings is 1. The zero-order valence-electron chi connectivity index (χ0n) is 14.3. The van der Waals surface area contributed by atoms with E-state index in [1.807, 2.05) is 0 Å². The number of hydrogen-bond donors (Lipinski definition) is 0. The van der Waals surface area contributed by atoms with Crippen molar-refractivity contribution in [3.05, 3.63) is 30.1 Å². The lowest BCUT2D eigenvalue weighted by Gasteiger charge is -2.34. The molecule has 1 fully saturated rings. The highest BCUT2D eigenvalue weighted by Crippen LogP contribution is 2.24. The number of para-hydroxylation sites is 1. The summed E-state index contributed by atoms with van der Waals surface area (Å²) >= 11 is 0. The van der Waals surface area contributed by atoms with Gasteiger partial charge in [0.15, 0.2) is 0 Å². The van der Waals surface area contributed by atoms with Crippen LogP contribution >= 0.6 is 0 Å². The van der Waals surface area contributed by atoms with Gasteiger partial charge in [-0.2, -0.15) is 12.7 Å². The van der Waals surface area contributed by atoms with Crippen LogP contribution in [0.15, 0.2) is 24.3 Å². The number of amides is 1. The van der Waals surface area contributed by atoms with E-state index in [1.54, 1.807) is 11.0 Å². The van der Waals surface area contributed by atoms with Crippen LogP contribution in [0.4, 0.5) is 10.1 Å². The minimum atomic E-state index is -3.98. The summed E-state index contributed by atoms with van der Waals surface area (Å²) in [6.07, 6.45) is 1.95. The molecule has 1 amide bonds. The van der Waals surface area contributed by atoms with E-state index in [-0.39, 0.29) is 11.6 Å². The fourth-order valence-electron chi connectivity index (χ4n) is 2.78. The van der Waals surface area contributed by atoms with E-state index in [0.717, 1.165) is 21.5 Å². The van der Waals surface area contributed by atoms with E-state index in [4.69, 9.17) is 0 Å². The van der Waals surface area contributed by atoms with Gasteiger partial charge < -0.3 is 4.90 Å². The summed E-state index contributed by atoms with van der Waals surface area (Å²) < 4.78 is 41.1. The molecule has 0 N–H and O–H groups in total. The Morgan fingerprint density at radius 1 is 1.33 bits per heavy atom. The van der Waals surface area contributed by atoms with E-state index in [2.05, 4.69) is 6.92 Å². The van der Waals surface area contributed by atoms with Crippen molar-refractivity contribution in [2.75, 3.05) is 38.0 Å². The molecule has 0 radical (unpaired) electrons. The number of nitrogens with zero attached hydrogens (tertiary/aromatic N) is 3. The highest BCUT2D eigenvalue weighted by Gasteiger charge is 2.31. The maximum Gasteiger partial charge on any atom is 0.304 e. The van der Waals surface area contributed by atoms with Crippen molar-refractivity contribution in [3.63, 3.8) is 0 Å². The molecular formula is C16H24FN3O3S. The minimum absolute atomic E-state index is 0.121. The number of benzene rings is 1. The maximum absolute atomic E-state index is 14.1. The van der Waals surface area contributed by atoms with Gasteiger partial charge in [-0.3, -0.25) is 4.79 Å². The van der Waals surface area contributed by atoms with E-state index >= 15 is 0 Å². The van der Waals surface area contributed by atoms with Gasteiger partial charge >= 0.3 is 10.2 Å². The van der Waals surface area contributed by atoms with Gasteiger partial charge in [0.2, 0.25) is 5.91 Å². The van der Waals surface area contributed by atoms with Gasteiger partial charge in [0.05, 0.1) is 5.69 Å². The first-order chi connectivity index (χ1) is 11.2. The minimum Gasteiger partial charge on any atom is -0.341 e. The Kier molecular flexibility index (Phi) is 5.82. The van der Waals surface area contributed by atoms with Crippen molar-refractivity contribution in [2.24, 2.45) is 5.92 Å². The molecule has 24 heavy (non-hydrogen) atoms. The third-order valence-corrected chi connectivity index (χ3v) is 5.96. The first-order valence-electron chi connectivity index (χ1n) is 7.96. The van der Waals surface area contributed by atoms with Crippen LogP contribution in [-0.2, 0) is 15.0 Å². The summed E-state index contributed by atoms with van der Waals surface area (Å²) in [7, 11) is -1.27. The second-order valence-corrected chi connectivity index (χ2v) is 8.40. The number of likely N-dealkylation sites (tertiary alicyclic amines) is 1. The van der Waals surface area contributed by atoms with Crippen LogP contribution in [0.2, 0.25) is 0 Å². The average molecular weight is 357 g/mol. The number of hydrogen-bond acceptors (Lipinski definition) is 3. The standard InChI is InChI=1S/C16H24FN3O3S/c1-13-7-6-10-19(11-13)16(21)12-20(24(22,23)18(2)3)15-9-5-4-8-14(15)17/h4-5,8-9,13H,6-7,10-12H2,1-3H3/t13-/m1/s1. The van der Waals surface area contributed by atoms with Crippen LogP contribution in [0.5, 0.6) is 0 Å². The normalized spacial score (nSPS) is 18.7. The lowest BCUT2D eigenvalue weighted by atomic mass is 10.0. The number of halogens is 1. The van der Waals surface area contributed by atoms with Gasteiger partial charge in [-0.05, 0) is 30.9 Å². The SMILES string of the molecule is C[C@@H]1CCCN(C(=O)CN(c2ccccc2F)S(=O)(=O)N(C)C)C1. The molecule has 1 atom stereocenters. The molecule has 0 unspecified atom stereocenters. The molecule has 134 valence electrons. The molecule has 0 bridgehead atoms. The summed E-state index contributed by atoms with van der Waals surface area (Å²) in [5.74, 6) is -0.604. The second kappa shape index (κ2) is 7.48. The van der Waals surface area contributed by atoms with Crippen LogP contribution in [0.25, 0.3) is 0 Å². The summed E-state index contributed by atoms with van der Waals surface area (Å²) in [5, 5.41) is 0. The molecule has 0 saturated carbocycles. The van der Waals surface area contributed by atoms with Gasteiger partial charge in [0, 0.05) is 27.2 Å². The van der Waals surface area contributed by atoms with Crippen molar-refractivity contribution >= 4 is 21.8 Å². The predicted octanol–water partition coefficient (Wildman–Crippen LogP) is 1.70. The topological polar surface area (TPSA) is 60.9 Å². The first kappa shape index (κ1) is 18.7. The lowest BCUT2D eigenvalue weighted by Crippen LogP contribution is -2.49. The third kappa shape index (κ3) is 4.05. The van der Waals surface area contributed by atoms with Crippen LogP contribution in [0.1, 0.15) is 19.8 Å². The van der Waals surface area contributed by atoms with E-state index in [9.17, 15) is 17.6 Å². The molecule has 8 heteroatoms. The molecule has 1 aromatic rings. The van der Waals surface area contributed by atoms with Gasteiger partial charge in [-0.1, -0.05) is 19.1 Å². The second-order valence-electron chi connectivity index (χ2n) is 6.34. The van der Waals surface area contributed by atoms with Crippen LogP contribution in [-0.4, -0.2) is 57.3 Å². The lowest BCUT2D eigenvalue weighted by molar-refractivity contribution is -0.131. The fraction of sp³-hybridized carbons (Fsp3) is 0.562. The molecule has 0 aliphatic carbocycles. The average Bonchev–Trinajstić information content (AvgIpc) is 2.53. The van der Waals surface area contributed by atoms with Crippen LogP contribution in [0.3, 0.4) is 0 Å². The highest BCUT2D eigenvalue weighted by atomic mass is 32.2. The number of rotatable bonds is 5. The summed E-state index contributed by atoms with van der Waals surface area (Å²) in [6, 6.07) is 5.57. The van der Waals surface area contributed by atoms with E-state index < -0.39 is 22.6 Å². The molecule has 1 heterocycles. The molecule has 6 nitrogen and oxygen atoms in total. The highest BCUT2D eigenvalue weighted by molar-refractivity contribution is 7.90. The fourth-order valence-corrected chi connectivity index (χ4v) is 3.85. The summed E-state index contributed by atoms with van der Waals surface area (Å²) in [4.78, 5) is 14.2. The van der Waals surface area contributed by atoms with Crippen LogP contribution < -0.4 is 4.31 Å². The quantitative estimate of drug-likeness (QED) is 0.806. The van der Waals surface area contributed by atoms with Gasteiger partial charge in [0.1, 0.15) is 12.4 Å².